The molecule has 2 aromatic rings. The highest BCUT2D eigenvalue weighted by Gasteiger charge is 2.37. The van der Waals surface area contributed by atoms with E-state index >= 15 is 0 Å². The van der Waals surface area contributed by atoms with Gasteiger partial charge in [-0.15, -0.1) is 0 Å². The van der Waals surface area contributed by atoms with E-state index in [1.54, 1.807) is 25.1 Å². The molecular weight excluding hydrogens is 367 g/mol. The number of benzene rings is 2. The number of methoxy groups -OCH3 is 1. The van der Waals surface area contributed by atoms with E-state index in [0.29, 0.717) is 28.4 Å². The van der Waals surface area contributed by atoms with Crippen molar-refractivity contribution < 1.29 is 28.2 Å². The molecule has 2 aliphatic rings. The monoisotopic (exact) mass is 384 g/mol. The molecule has 0 saturated heterocycles. The summed E-state index contributed by atoms with van der Waals surface area (Å²) in [6, 6.07) is 9.46. The summed E-state index contributed by atoms with van der Waals surface area (Å²) in [6.07, 6.45) is 0. The Hall–Kier alpha value is -3.55. The molecule has 7 nitrogen and oxygen atoms in total. The molecule has 1 N–H and O–H groups in total. The third kappa shape index (κ3) is 2.92. The zero-order valence-electron chi connectivity index (χ0n) is 15.2. The molecule has 28 heavy (non-hydrogen) atoms. The Labute approximate surface area is 160 Å². The summed E-state index contributed by atoms with van der Waals surface area (Å²) in [6.45, 7) is 1.77. The van der Waals surface area contributed by atoms with Crippen molar-refractivity contribution in [2.24, 2.45) is 0 Å². The van der Waals surface area contributed by atoms with Gasteiger partial charge in [0.1, 0.15) is 5.82 Å². The molecule has 2 aromatic carbocycles. The van der Waals surface area contributed by atoms with E-state index in [2.05, 4.69) is 5.32 Å². The van der Waals surface area contributed by atoms with E-state index in [1.807, 2.05) is 0 Å². The van der Waals surface area contributed by atoms with Crippen LogP contribution in [0.3, 0.4) is 0 Å². The van der Waals surface area contributed by atoms with E-state index in [9.17, 15) is 14.0 Å². The van der Waals surface area contributed by atoms with Gasteiger partial charge in [0.15, 0.2) is 11.5 Å². The molecule has 8 heteroatoms. The zero-order chi connectivity index (χ0) is 19.8. The second-order valence-corrected chi connectivity index (χ2v) is 6.30. The van der Waals surface area contributed by atoms with Crippen LogP contribution in [0.4, 0.5) is 14.9 Å². The van der Waals surface area contributed by atoms with Gasteiger partial charge >= 0.3 is 12.0 Å². The van der Waals surface area contributed by atoms with Crippen LogP contribution in [0, 0.1) is 5.82 Å². The smallest absolute Gasteiger partial charge is 0.337 e. The van der Waals surface area contributed by atoms with Crippen molar-refractivity contribution in [2.75, 3.05) is 18.8 Å². The lowest BCUT2D eigenvalue weighted by atomic mass is 9.94. The first-order valence-electron chi connectivity index (χ1n) is 8.54. The first-order valence-corrected chi connectivity index (χ1v) is 8.54. The Morgan fingerprint density at radius 1 is 1.18 bits per heavy atom. The summed E-state index contributed by atoms with van der Waals surface area (Å²) >= 11 is 0. The molecule has 2 aliphatic heterocycles. The summed E-state index contributed by atoms with van der Waals surface area (Å²) < 4.78 is 28.9. The molecule has 0 bridgehead atoms. The Balaban J connectivity index is 1.81. The lowest BCUT2D eigenvalue weighted by molar-refractivity contribution is -0.136. The second-order valence-electron chi connectivity index (χ2n) is 6.30. The first kappa shape index (κ1) is 17.8. The number of hydrogen-bond acceptors (Lipinski definition) is 5. The van der Waals surface area contributed by atoms with Crippen molar-refractivity contribution in [3.8, 4) is 11.5 Å². The maximum Gasteiger partial charge on any atom is 0.337 e. The molecule has 2 amide bonds. The van der Waals surface area contributed by atoms with Gasteiger partial charge in [-0.3, -0.25) is 4.90 Å². The van der Waals surface area contributed by atoms with Crippen molar-refractivity contribution in [2.45, 2.75) is 13.0 Å². The minimum Gasteiger partial charge on any atom is -0.466 e. The van der Waals surface area contributed by atoms with Crippen LogP contribution in [0.1, 0.15) is 18.5 Å². The number of carbonyl (C=O) groups is 2. The number of nitrogens with zero attached hydrogens (tertiary/aromatic N) is 1. The fraction of sp³-hybridized carbons (Fsp3) is 0.200. The van der Waals surface area contributed by atoms with E-state index in [1.165, 1.54) is 36.3 Å². The van der Waals surface area contributed by atoms with Gasteiger partial charge in [-0.25, -0.2) is 14.0 Å². The van der Waals surface area contributed by atoms with E-state index in [4.69, 9.17) is 14.2 Å². The van der Waals surface area contributed by atoms with Crippen LogP contribution in [0.15, 0.2) is 53.7 Å². The lowest BCUT2D eigenvalue weighted by Gasteiger charge is -2.35. The first-order chi connectivity index (χ1) is 13.5. The lowest BCUT2D eigenvalue weighted by Crippen LogP contribution is -2.48. The number of esters is 1. The molecule has 0 unspecified atom stereocenters. The fourth-order valence-electron chi connectivity index (χ4n) is 3.36. The number of allylic oxidation sites excluding steroid dienone is 1. The van der Waals surface area contributed by atoms with Crippen molar-refractivity contribution in [3.05, 3.63) is 65.1 Å². The fourth-order valence-corrected chi connectivity index (χ4v) is 3.36. The van der Waals surface area contributed by atoms with Crippen LogP contribution in [-0.2, 0) is 9.53 Å². The van der Waals surface area contributed by atoms with Crippen LogP contribution < -0.4 is 19.7 Å². The normalized spacial score (nSPS) is 18.2. The van der Waals surface area contributed by atoms with Gasteiger partial charge in [-0.1, -0.05) is 12.1 Å². The van der Waals surface area contributed by atoms with Crippen LogP contribution in [0.2, 0.25) is 0 Å². The van der Waals surface area contributed by atoms with Crippen LogP contribution in [-0.4, -0.2) is 25.9 Å². The largest absolute Gasteiger partial charge is 0.466 e. The Kier molecular flexibility index (Phi) is 4.38. The van der Waals surface area contributed by atoms with Gasteiger partial charge < -0.3 is 19.5 Å². The molecule has 2 heterocycles. The number of urea groups is 1. The Bertz CT molecular complexity index is 987. The molecule has 144 valence electrons. The predicted molar refractivity (Wildman–Crippen MR) is 97.4 cm³/mol. The summed E-state index contributed by atoms with van der Waals surface area (Å²) in [5, 5.41) is 2.80. The molecule has 0 radical (unpaired) electrons. The number of halogens is 1. The number of nitrogens with one attached hydrogen (secondary N) is 1. The number of ether oxygens (including phenoxy) is 3. The summed E-state index contributed by atoms with van der Waals surface area (Å²) in [7, 11) is 1.27. The maximum atomic E-state index is 13.3. The van der Waals surface area contributed by atoms with Gasteiger partial charge in [0.2, 0.25) is 6.79 Å². The molecule has 0 aliphatic carbocycles. The van der Waals surface area contributed by atoms with Crippen molar-refractivity contribution in [1.82, 2.24) is 5.32 Å². The van der Waals surface area contributed by atoms with E-state index in [-0.39, 0.29) is 12.4 Å². The van der Waals surface area contributed by atoms with Crippen LogP contribution in [0.25, 0.3) is 0 Å². The van der Waals surface area contributed by atoms with Gasteiger partial charge in [-0.05, 0) is 36.8 Å². The second kappa shape index (κ2) is 6.88. The standard InChI is InChI=1S/C20H17FN2O5/c1-11-17(19(24)26-2)18(12-3-5-13(21)6-4-12)22-20(25)23(11)14-7-8-15-16(9-14)28-10-27-15/h3-9,18H,10H2,1-2H3,(H,22,25)/t18-/m0/s1. The van der Waals surface area contributed by atoms with Gasteiger partial charge in [0, 0.05) is 11.8 Å². The molecule has 0 spiro atoms. The minimum absolute atomic E-state index is 0.111. The Morgan fingerprint density at radius 2 is 1.89 bits per heavy atom. The summed E-state index contributed by atoms with van der Waals surface area (Å²) in [5.41, 5.74) is 1.74. The van der Waals surface area contributed by atoms with Crippen molar-refractivity contribution >= 4 is 17.7 Å². The number of anilines is 1. The summed E-state index contributed by atoms with van der Waals surface area (Å²) in [4.78, 5) is 26.8. The Morgan fingerprint density at radius 3 is 2.61 bits per heavy atom. The predicted octanol–water partition coefficient (Wildman–Crippen LogP) is 3.27. The zero-order valence-corrected chi connectivity index (χ0v) is 15.2. The maximum absolute atomic E-state index is 13.3. The minimum atomic E-state index is -0.759. The quantitative estimate of drug-likeness (QED) is 0.822. The van der Waals surface area contributed by atoms with E-state index < -0.39 is 23.9 Å². The highest BCUT2D eigenvalue weighted by atomic mass is 19.1. The number of rotatable bonds is 3. The SMILES string of the molecule is COC(=O)C1=C(C)N(c2ccc3c(c2)OCO3)C(=O)N[C@H]1c1ccc(F)cc1. The third-order valence-corrected chi connectivity index (χ3v) is 4.71. The number of amides is 2. The van der Waals surface area contributed by atoms with Gasteiger partial charge in [-0.2, -0.15) is 0 Å². The molecular formula is C20H17FN2O5. The van der Waals surface area contributed by atoms with Gasteiger partial charge in [0.05, 0.1) is 24.4 Å². The average Bonchev–Trinajstić information content (AvgIpc) is 3.15. The summed E-state index contributed by atoms with van der Waals surface area (Å²) in [5.74, 6) is 0.101. The molecule has 1 atom stereocenters. The van der Waals surface area contributed by atoms with Crippen molar-refractivity contribution in [1.29, 1.82) is 0 Å². The average molecular weight is 384 g/mol. The highest BCUT2D eigenvalue weighted by molar-refractivity contribution is 6.03. The van der Waals surface area contributed by atoms with E-state index in [0.717, 1.165) is 0 Å². The van der Waals surface area contributed by atoms with Crippen LogP contribution >= 0.6 is 0 Å². The molecule has 0 aromatic heterocycles. The van der Waals surface area contributed by atoms with Gasteiger partial charge in [0.25, 0.3) is 0 Å². The van der Waals surface area contributed by atoms with Crippen LogP contribution in [0.5, 0.6) is 11.5 Å². The van der Waals surface area contributed by atoms with Crippen molar-refractivity contribution in [3.63, 3.8) is 0 Å². The number of carbonyl (C=O) groups excluding carboxylic acids is 2. The topological polar surface area (TPSA) is 77.1 Å². The number of fused-ring (bicyclic) bond motifs is 1. The molecule has 4 rings (SSSR count). The molecule has 0 saturated carbocycles. The highest BCUT2D eigenvalue weighted by Crippen LogP contribution is 2.39. The third-order valence-electron chi connectivity index (χ3n) is 4.71. The molecule has 0 fully saturated rings. The number of hydrogen-bond donors (Lipinski definition) is 1.